The highest BCUT2D eigenvalue weighted by Gasteiger charge is 2.26. The average Bonchev–Trinajstić information content (AvgIpc) is 2.48. The molecule has 22 heavy (non-hydrogen) atoms. The number of anilines is 1. The van der Waals surface area contributed by atoms with Crippen LogP contribution in [0, 0.1) is 0 Å². The van der Waals surface area contributed by atoms with E-state index in [1.54, 1.807) is 6.20 Å². The summed E-state index contributed by atoms with van der Waals surface area (Å²) in [5.41, 5.74) is 10.4. The van der Waals surface area contributed by atoms with Crippen molar-refractivity contribution in [2.75, 3.05) is 43.4 Å². The number of nitrogens with zero attached hydrogens (tertiary/aromatic N) is 4. The Hall–Kier alpha value is -1.14. The Morgan fingerprint density at radius 2 is 1.91 bits per heavy atom. The maximum atomic E-state index is 12.2. The smallest absolute Gasteiger partial charge is 0.216 e. The molecule has 1 aliphatic rings. The van der Waals surface area contributed by atoms with Crippen LogP contribution in [-0.4, -0.2) is 62.1 Å². The lowest BCUT2D eigenvalue weighted by Crippen LogP contribution is -2.49. The van der Waals surface area contributed by atoms with Gasteiger partial charge in [0.15, 0.2) is 5.96 Å². The van der Waals surface area contributed by atoms with Gasteiger partial charge >= 0.3 is 0 Å². The van der Waals surface area contributed by atoms with Crippen molar-refractivity contribution in [3.05, 3.63) is 24.4 Å². The van der Waals surface area contributed by atoms with Gasteiger partial charge < -0.3 is 16.4 Å². The fourth-order valence-electron chi connectivity index (χ4n) is 2.16. The number of aliphatic imine (C=N–C) groups is 1. The maximum absolute atomic E-state index is 12.2. The molecule has 4 N–H and O–H groups in total. The first-order chi connectivity index (χ1) is 9.99. The molecule has 0 spiro atoms. The van der Waals surface area contributed by atoms with Crippen LogP contribution in [0.25, 0.3) is 0 Å². The number of piperazine rings is 1. The molecule has 0 radical (unpaired) electrons. The first kappa shape index (κ1) is 18.9. The number of nitrogens with two attached hydrogens (primary N) is 2. The molecular formula is C12H21IN6O2S. The molecule has 0 amide bonds. The van der Waals surface area contributed by atoms with Crippen molar-refractivity contribution in [3.8, 4) is 0 Å². The zero-order chi connectivity index (χ0) is 15.3. The molecule has 0 atom stereocenters. The predicted molar refractivity (Wildman–Crippen MR) is 97.9 cm³/mol. The zero-order valence-corrected chi connectivity index (χ0v) is 15.3. The van der Waals surface area contributed by atoms with E-state index in [0.717, 1.165) is 5.82 Å². The monoisotopic (exact) mass is 440 g/mol. The molecule has 2 rings (SSSR count). The summed E-state index contributed by atoms with van der Waals surface area (Å²) in [4.78, 5) is 10.1. The van der Waals surface area contributed by atoms with Crippen molar-refractivity contribution in [2.24, 2.45) is 16.5 Å². The summed E-state index contributed by atoms with van der Waals surface area (Å²) in [5, 5.41) is 0. The first-order valence-corrected chi connectivity index (χ1v) is 8.29. The third-order valence-electron chi connectivity index (χ3n) is 3.25. The van der Waals surface area contributed by atoms with E-state index in [0.29, 0.717) is 26.2 Å². The van der Waals surface area contributed by atoms with Gasteiger partial charge in [-0.1, -0.05) is 6.07 Å². The molecule has 0 bridgehead atoms. The van der Waals surface area contributed by atoms with Crippen LogP contribution in [0.4, 0.5) is 5.82 Å². The molecule has 8 nitrogen and oxygen atoms in total. The highest BCUT2D eigenvalue weighted by Crippen LogP contribution is 2.14. The van der Waals surface area contributed by atoms with Crippen molar-refractivity contribution in [1.82, 2.24) is 9.29 Å². The number of rotatable bonds is 5. The molecule has 0 saturated carbocycles. The molecule has 10 heteroatoms. The predicted octanol–water partition coefficient (Wildman–Crippen LogP) is -0.575. The molecule has 1 saturated heterocycles. The summed E-state index contributed by atoms with van der Waals surface area (Å²) in [5.74, 6) is 0.703. The van der Waals surface area contributed by atoms with Gasteiger partial charge in [-0.25, -0.2) is 13.4 Å². The van der Waals surface area contributed by atoms with Crippen molar-refractivity contribution < 1.29 is 8.42 Å². The zero-order valence-electron chi connectivity index (χ0n) is 12.1. The molecule has 124 valence electrons. The lowest BCUT2D eigenvalue weighted by atomic mass is 10.3. The van der Waals surface area contributed by atoms with Gasteiger partial charge in [-0.2, -0.15) is 4.31 Å². The summed E-state index contributed by atoms with van der Waals surface area (Å²) >= 11 is 0. The number of pyridine rings is 1. The van der Waals surface area contributed by atoms with Gasteiger partial charge in [-0.05, 0) is 12.1 Å². The summed E-state index contributed by atoms with van der Waals surface area (Å²) in [7, 11) is -3.32. The van der Waals surface area contributed by atoms with E-state index in [1.807, 2.05) is 18.2 Å². The third-order valence-corrected chi connectivity index (χ3v) is 5.10. The van der Waals surface area contributed by atoms with Gasteiger partial charge in [0.2, 0.25) is 10.0 Å². The normalized spacial score (nSPS) is 15.9. The molecule has 1 aromatic rings. The maximum Gasteiger partial charge on any atom is 0.216 e. The Balaban J connectivity index is 0.00000242. The Bertz CT molecular complexity index is 583. The van der Waals surface area contributed by atoms with Crippen LogP contribution in [0.5, 0.6) is 0 Å². The van der Waals surface area contributed by atoms with Gasteiger partial charge in [-0.15, -0.1) is 24.0 Å². The van der Waals surface area contributed by atoms with E-state index >= 15 is 0 Å². The van der Waals surface area contributed by atoms with E-state index in [-0.39, 0.29) is 42.2 Å². The summed E-state index contributed by atoms with van der Waals surface area (Å²) < 4.78 is 25.8. The number of halogens is 1. The molecule has 0 aromatic carbocycles. The molecule has 1 aliphatic heterocycles. The van der Waals surface area contributed by atoms with E-state index in [4.69, 9.17) is 11.5 Å². The summed E-state index contributed by atoms with van der Waals surface area (Å²) in [6.45, 7) is 2.23. The second-order valence-electron chi connectivity index (χ2n) is 4.70. The fourth-order valence-corrected chi connectivity index (χ4v) is 3.46. The Morgan fingerprint density at radius 1 is 1.23 bits per heavy atom. The van der Waals surface area contributed by atoms with E-state index in [9.17, 15) is 8.42 Å². The third kappa shape index (κ3) is 5.25. The largest absolute Gasteiger partial charge is 0.370 e. The number of hydrogen-bond donors (Lipinski definition) is 2. The lowest BCUT2D eigenvalue weighted by Gasteiger charge is -2.34. The van der Waals surface area contributed by atoms with Crippen molar-refractivity contribution in [1.29, 1.82) is 0 Å². The second kappa shape index (κ2) is 8.48. The Kier molecular flexibility index (Phi) is 7.29. The van der Waals surface area contributed by atoms with Gasteiger partial charge in [0.1, 0.15) is 5.82 Å². The number of sulfonamides is 1. The van der Waals surface area contributed by atoms with Gasteiger partial charge in [0, 0.05) is 32.4 Å². The van der Waals surface area contributed by atoms with Crippen LogP contribution in [0.1, 0.15) is 0 Å². The van der Waals surface area contributed by atoms with Crippen molar-refractivity contribution in [3.63, 3.8) is 0 Å². The highest BCUT2D eigenvalue weighted by atomic mass is 127. The number of aromatic nitrogens is 1. The topological polar surface area (TPSA) is 118 Å². The fraction of sp³-hybridized carbons (Fsp3) is 0.500. The van der Waals surface area contributed by atoms with E-state index in [2.05, 4.69) is 14.9 Å². The molecule has 2 heterocycles. The van der Waals surface area contributed by atoms with Crippen molar-refractivity contribution >= 4 is 45.8 Å². The SMILES string of the molecule is I.NC(N)=NCCS(=O)(=O)N1CCN(c2ccccn2)CC1. The minimum Gasteiger partial charge on any atom is -0.370 e. The van der Waals surface area contributed by atoms with Crippen LogP contribution in [0.3, 0.4) is 0 Å². The van der Waals surface area contributed by atoms with E-state index in [1.165, 1.54) is 4.31 Å². The Labute approximate surface area is 147 Å². The second-order valence-corrected chi connectivity index (χ2v) is 6.79. The van der Waals surface area contributed by atoms with E-state index < -0.39 is 10.0 Å². The van der Waals surface area contributed by atoms with Crippen LogP contribution in [0.15, 0.2) is 29.4 Å². The molecular weight excluding hydrogens is 419 g/mol. The number of hydrogen-bond acceptors (Lipinski definition) is 5. The minimum atomic E-state index is -3.32. The molecule has 1 aromatic heterocycles. The van der Waals surface area contributed by atoms with Crippen LogP contribution in [0.2, 0.25) is 0 Å². The number of guanidine groups is 1. The summed E-state index contributed by atoms with van der Waals surface area (Å²) in [6.07, 6.45) is 1.73. The van der Waals surface area contributed by atoms with Crippen LogP contribution < -0.4 is 16.4 Å². The minimum absolute atomic E-state index is 0. The van der Waals surface area contributed by atoms with Crippen LogP contribution in [-0.2, 0) is 10.0 Å². The standard InChI is InChI=1S/C12H20N6O2S.HI/c13-12(14)16-5-10-21(19,20)18-8-6-17(7-9-18)11-3-1-2-4-15-11;/h1-4H,5-10H2,(H4,13,14,16);1H. The van der Waals surface area contributed by atoms with Gasteiger partial charge in [0.05, 0.1) is 12.3 Å². The summed E-state index contributed by atoms with van der Waals surface area (Å²) in [6, 6.07) is 5.69. The molecule has 1 fully saturated rings. The highest BCUT2D eigenvalue weighted by molar-refractivity contribution is 14.0. The molecule has 0 aliphatic carbocycles. The van der Waals surface area contributed by atoms with Gasteiger partial charge in [-0.3, -0.25) is 4.99 Å². The van der Waals surface area contributed by atoms with Crippen molar-refractivity contribution in [2.45, 2.75) is 0 Å². The Morgan fingerprint density at radius 3 is 2.45 bits per heavy atom. The average molecular weight is 440 g/mol. The first-order valence-electron chi connectivity index (χ1n) is 6.68. The van der Waals surface area contributed by atoms with Crippen LogP contribution >= 0.6 is 24.0 Å². The quantitative estimate of drug-likeness (QED) is 0.360. The molecule has 0 unspecified atom stereocenters. The lowest BCUT2D eigenvalue weighted by molar-refractivity contribution is 0.384. The van der Waals surface area contributed by atoms with Gasteiger partial charge in [0.25, 0.3) is 0 Å².